The molecule has 1 saturated heterocycles. The Kier molecular flexibility index (Phi) is 6.52. The molecule has 2 N–H and O–H groups in total. The van der Waals surface area contributed by atoms with Gasteiger partial charge in [-0.05, 0) is 56.3 Å². The molecule has 20 heavy (non-hydrogen) atoms. The van der Waals surface area contributed by atoms with E-state index in [-0.39, 0.29) is 17.8 Å². The molecule has 4 heteroatoms. The third kappa shape index (κ3) is 4.73. The summed E-state index contributed by atoms with van der Waals surface area (Å²) in [4.78, 5) is 5.58. The van der Waals surface area contributed by atoms with Crippen molar-refractivity contribution >= 4 is 23.7 Å². The largest absolute Gasteiger partial charge is 0.328 e. The maximum atomic E-state index is 6.00. The van der Waals surface area contributed by atoms with Gasteiger partial charge in [0.05, 0.1) is 0 Å². The van der Waals surface area contributed by atoms with Crippen LogP contribution in [0.2, 0.25) is 0 Å². The molecule has 2 nitrogen and oxygen atoms in total. The monoisotopic (exact) mass is 316 g/mol. The van der Waals surface area contributed by atoms with Crippen LogP contribution in [0.5, 0.6) is 0 Å². The Bertz CT molecular complexity index is 401. The normalized spacial score (nSPS) is 19.6. The highest BCUT2D eigenvalue weighted by atomic mass is 35.5. The van der Waals surface area contributed by atoms with Gasteiger partial charge >= 0.3 is 0 Å². The summed E-state index contributed by atoms with van der Waals surface area (Å²) in [5.41, 5.74) is 6.28. The Balaban J connectivity index is 0.00000200. The molecule has 1 atom stereocenters. The molecule has 1 aromatic rings. The minimum absolute atomic E-state index is 0. The Morgan fingerprint density at radius 2 is 1.90 bits per heavy atom. The number of hydrogen-bond acceptors (Lipinski definition) is 3. The second-order valence-electron chi connectivity index (χ2n) is 6.99. The zero-order valence-electron chi connectivity index (χ0n) is 13.2. The molecule has 1 unspecified atom stereocenters. The Labute approximate surface area is 134 Å². The molecule has 0 amide bonds. The van der Waals surface area contributed by atoms with Gasteiger partial charge in [-0.15, -0.1) is 23.7 Å². The predicted molar refractivity (Wildman–Crippen MR) is 91.9 cm³/mol. The van der Waals surface area contributed by atoms with Crippen LogP contribution in [0.4, 0.5) is 0 Å². The third-order valence-corrected chi connectivity index (χ3v) is 5.65. The SMILES string of the molecule is CC(N)C1CCN(Cc2ccc(C(C)(C)C)s2)CC1.Cl. The molecular weight excluding hydrogens is 288 g/mol. The molecular formula is C16H29ClN2S. The van der Waals surface area contributed by atoms with Crippen LogP contribution in [0.1, 0.15) is 50.3 Å². The van der Waals surface area contributed by atoms with Gasteiger partial charge in [0.25, 0.3) is 0 Å². The van der Waals surface area contributed by atoms with Gasteiger partial charge in [-0.2, -0.15) is 0 Å². The van der Waals surface area contributed by atoms with E-state index >= 15 is 0 Å². The van der Waals surface area contributed by atoms with E-state index in [1.807, 2.05) is 11.3 Å². The highest BCUT2D eigenvalue weighted by Crippen LogP contribution is 2.30. The lowest BCUT2D eigenvalue weighted by Gasteiger charge is -2.33. The molecule has 2 rings (SSSR count). The van der Waals surface area contributed by atoms with Gasteiger partial charge in [-0.3, -0.25) is 4.90 Å². The van der Waals surface area contributed by atoms with Crippen LogP contribution in [0, 0.1) is 5.92 Å². The zero-order chi connectivity index (χ0) is 14.0. The molecule has 116 valence electrons. The highest BCUT2D eigenvalue weighted by molar-refractivity contribution is 7.12. The summed E-state index contributed by atoms with van der Waals surface area (Å²) in [6.45, 7) is 12.5. The van der Waals surface area contributed by atoms with Gasteiger partial charge in [0.2, 0.25) is 0 Å². The summed E-state index contributed by atoms with van der Waals surface area (Å²) in [5.74, 6) is 0.727. The van der Waals surface area contributed by atoms with E-state index in [9.17, 15) is 0 Å². The highest BCUT2D eigenvalue weighted by Gasteiger charge is 2.22. The molecule has 1 fully saturated rings. The smallest absolute Gasteiger partial charge is 0.0328 e. The minimum Gasteiger partial charge on any atom is -0.328 e. The average molecular weight is 317 g/mol. The fourth-order valence-electron chi connectivity index (χ4n) is 2.72. The molecule has 1 aliphatic rings. The van der Waals surface area contributed by atoms with Gasteiger partial charge in [-0.25, -0.2) is 0 Å². The van der Waals surface area contributed by atoms with E-state index in [4.69, 9.17) is 5.73 Å². The average Bonchev–Trinajstić information content (AvgIpc) is 2.78. The van der Waals surface area contributed by atoms with Crippen molar-refractivity contribution in [1.29, 1.82) is 0 Å². The van der Waals surface area contributed by atoms with Crippen molar-refractivity contribution in [2.45, 2.75) is 58.5 Å². The Hall–Kier alpha value is -0.0900. The summed E-state index contributed by atoms with van der Waals surface area (Å²) >= 11 is 1.97. The van der Waals surface area contributed by atoms with Crippen LogP contribution in [-0.4, -0.2) is 24.0 Å². The molecule has 0 aromatic carbocycles. The van der Waals surface area contributed by atoms with Crippen molar-refractivity contribution in [3.05, 3.63) is 21.9 Å². The summed E-state index contributed by atoms with van der Waals surface area (Å²) in [7, 11) is 0. The lowest BCUT2D eigenvalue weighted by atomic mass is 9.91. The fourth-order valence-corrected chi connectivity index (χ4v) is 3.83. The lowest BCUT2D eigenvalue weighted by molar-refractivity contribution is 0.167. The van der Waals surface area contributed by atoms with E-state index in [0.717, 1.165) is 12.5 Å². The van der Waals surface area contributed by atoms with Crippen LogP contribution in [-0.2, 0) is 12.0 Å². The van der Waals surface area contributed by atoms with Crippen LogP contribution >= 0.6 is 23.7 Å². The number of thiophene rings is 1. The zero-order valence-corrected chi connectivity index (χ0v) is 14.8. The number of hydrogen-bond donors (Lipinski definition) is 1. The molecule has 0 aliphatic carbocycles. The van der Waals surface area contributed by atoms with E-state index in [2.05, 4.69) is 44.7 Å². The van der Waals surface area contributed by atoms with Crippen LogP contribution < -0.4 is 5.73 Å². The van der Waals surface area contributed by atoms with Crippen LogP contribution in [0.3, 0.4) is 0 Å². The van der Waals surface area contributed by atoms with Gasteiger partial charge < -0.3 is 5.73 Å². The summed E-state index contributed by atoms with van der Waals surface area (Å²) in [5, 5.41) is 0. The third-order valence-electron chi connectivity index (χ3n) is 4.16. The first-order chi connectivity index (χ1) is 8.86. The standard InChI is InChI=1S/C16H28N2S.ClH/c1-12(17)13-7-9-18(10-8-13)11-14-5-6-15(19-14)16(2,3)4;/h5-6,12-13H,7-11,17H2,1-4H3;1H. The first-order valence-corrected chi connectivity index (χ1v) is 8.25. The van der Waals surface area contributed by atoms with E-state index in [0.29, 0.717) is 6.04 Å². The second-order valence-corrected chi connectivity index (χ2v) is 8.16. The van der Waals surface area contributed by atoms with Crippen molar-refractivity contribution in [2.75, 3.05) is 13.1 Å². The van der Waals surface area contributed by atoms with Crippen LogP contribution in [0.25, 0.3) is 0 Å². The van der Waals surface area contributed by atoms with E-state index in [1.54, 1.807) is 0 Å². The Morgan fingerprint density at radius 3 is 2.35 bits per heavy atom. The van der Waals surface area contributed by atoms with Crippen LogP contribution in [0.15, 0.2) is 12.1 Å². The number of likely N-dealkylation sites (tertiary alicyclic amines) is 1. The molecule has 0 bridgehead atoms. The molecule has 0 radical (unpaired) electrons. The molecule has 2 heterocycles. The maximum Gasteiger partial charge on any atom is 0.0328 e. The van der Waals surface area contributed by atoms with Crippen molar-refractivity contribution in [1.82, 2.24) is 4.90 Å². The van der Waals surface area contributed by atoms with Crippen molar-refractivity contribution in [2.24, 2.45) is 11.7 Å². The van der Waals surface area contributed by atoms with E-state index < -0.39 is 0 Å². The topological polar surface area (TPSA) is 29.3 Å². The summed E-state index contributed by atoms with van der Waals surface area (Å²) in [6.07, 6.45) is 2.52. The predicted octanol–water partition coefficient (Wildman–Crippen LogP) is 4.03. The number of nitrogens with zero attached hydrogens (tertiary/aromatic N) is 1. The van der Waals surface area contributed by atoms with Gasteiger partial charge in [-0.1, -0.05) is 20.8 Å². The summed E-state index contributed by atoms with van der Waals surface area (Å²) in [6, 6.07) is 4.97. The van der Waals surface area contributed by atoms with Gasteiger partial charge in [0, 0.05) is 22.3 Å². The van der Waals surface area contributed by atoms with Crippen molar-refractivity contribution in [3.63, 3.8) is 0 Å². The Morgan fingerprint density at radius 1 is 1.30 bits per heavy atom. The van der Waals surface area contributed by atoms with E-state index in [1.165, 1.54) is 35.7 Å². The number of rotatable bonds is 3. The minimum atomic E-state index is 0. The van der Waals surface area contributed by atoms with Gasteiger partial charge in [0.1, 0.15) is 0 Å². The number of nitrogens with two attached hydrogens (primary N) is 1. The van der Waals surface area contributed by atoms with Gasteiger partial charge in [0.15, 0.2) is 0 Å². The summed E-state index contributed by atoms with van der Waals surface area (Å²) < 4.78 is 0. The first kappa shape index (κ1) is 18.0. The molecule has 0 spiro atoms. The number of piperidine rings is 1. The fraction of sp³-hybridized carbons (Fsp3) is 0.750. The number of halogens is 1. The van der Waals surface area contributed by atoms with Crippen molar-refractivity contribution < 1.29 is 0 Å². The first-order valence-electron chi connectivity index (χ1n) is 7.43. The molecule has 1 aliphatic heterocycles. The maximum absolute atomic E-state index is 6.00. The lowest BCUT2D eigenvalue weighted by Crippen LogP contribution is -2.39. The van der Waals surface area contributed by atoms with Crippen molar-refractivity contribution in [3.8, 4) is 0 Å². The molecule has 1 aromatic heterocycles. The second kappa shape index (κ2) is 7.26. The quantitative estimate of drug-likeness (QED) is 0.912. The molecule has 0 saturated carbocycles.